The minimum atomic E-state index is -0.209. The predicted molar refractivity (Wildman–Crippen MR) is 34.1 cm³/mol. The fraction of sp³-hybridized carbons (Fsp3) is 0. The molecular formula is C6H4BrF. The van der Waals surface area contributed by atoms with Crippen LogP contribution in [0, 0.1) is 5.82 Å². The third kappa shape index (κ3) is 1.30. The van der Waals surface area contributed by atoms with E-state index in [9.17, 15) is 4.39 Å². The van der Waals surface area contributed by atoms with E-state index in [1.54, 1.807) is 12.1 Å². The van der Waals surface area contributed by atoms with E-state index in [0.29, 0.717) is 0 Å². The van der Waals surface area contributed by atoms with Gasteiger partial charge in [-0.15, -0.1) is 0 Å². The lowest BCUT2D eigenvalue weighted by Gasteiger charge is -1.85. The second-order valence-electron chi connectivity index (χ2n) is 1.44. The van der Waals surface area contributed by atoms with Crippen molar-refractivity contribution >= 4 is 15.9 Å². The van der Waals surface area contributed by atoms with Crippen LogP contribution < -0.4 is 0 Å². The van der Waals surface area contributed by atoms with E-state index in [2.05, 4.69) is 15.9 Å². The Morgan fingerprint density at radius 3 is 2.50 bits per heavy atom. The van der Waals surface area contributed by atoms with Crippen molar-refractivity contribution in [1.82, 2.24) is 0 Å². The van der Waals surface area contributed by atoms with Gasteiger partial charge in [-0.2, -0.15) is 0 Å². The highest BCUT2D eigenvalue weighted by Crippen LogP contribution is 2.09. The molecule has 0 bridgehead atoms. The summed E-state index contributed by atoms with van der Waals surface area (Å²) in [4.78, 5) is 0. The molecule has 0 atom stereocenters. The minimum absolute atomic E-state index is 0.209. The highest BCUT2D eigenvalue weighted by molar-refractivity contribution is 9.10. The standard InChI is InChI=1S/C6H4BrF/c7-5-2-1-3-6(8)4-5/h1-4H/i1+1,2+1,3+1,4+1,5+1,6+1. The number of benzene rings is 1. The number of hydrogen-bond donors (Lipinski definition) is 0. The van der Waals surface area contributed by atoms with E-state index in [4.69, 9.17) is 0 Å². The number of hydrogen-bond acceptors (Lipinski definition) is 0. The Kier molecular flexibility index (Phi) is 1.63. The Morgan fingerprint density at radius 2 is 2.12 bits per heavy atom. The Hall–Kier alpha value is -0.370. The van der Waals surface area contributed by atoms with Crippen molar-refractivity contribution < 1.29 is 4.39 Å². The van der Waals surface area contributed by atoms with Crippen LogP contribution in [0.25, 0.3) is 0 Å². The van der Waals surface area contributed by atoms with Gasteiger partial charge in [0.05, 0.1) is 0 Å². The van der Waals surface area contributed by atoms with Crippen LogP contribution in [0.15, 0.2) is 28.7 Å². The number of rotatable bonds is 0. The molecule has 2 heteroatoms. The summed E-state index contributed by atoms with van der Waals surface area (Å²) in [5.41, 5.74) is 0. The highest BCUT2D eigenvalue weighted by atomic mass is 79.9. The van der Waals surface area contributed by atoms with Gasteiger partial charge >= 0.3 is 0 Å². The molecular weight excluding hydrogens is 177 g/mol. The summed E-state index contributed by atoms with van der Waals surface area (Å²) in [6.45, 7) is 0. The third-order valence-corrected chi connectivity index (χ3v) is 1.28. The first-order valence-corrected chi connectivity index (χ1v) is 2.99. The topological polar surface area (TPSA) is 0 Å². The maximum Gasteiger partial charge on any atom is 0.124 e. The molecule has 0 aliphatic heterocycles. The van der Waals surface area contributed by atoms with E-state index < -0.39 is 0 Å². The molecule has 1 aromatic rings. The number of halogens is 2. The molecule has 0 saturated carbocycles. The fourth-order valence-electron chi connectivity index (χ4n) is 0.460. The van der Waals surface area contributed by atoms with Crippen LogP contribution in [-0.2, 0) is 0 Å². The van der Waals surface area contributed by atoms with Crippen molar-refractivity contribution in [2.45, 2.75) is 0 Å². The molecule has 1 aromatic carbocycles. The van der Waals surface area contributed by atoms with Crippen LogP contribution in [0.5, 0.6) is 0 Å². The molecule has 0 spiro atoms. The van der Waals surface area contributed by atoms with Crippen LogP contribution in [0.4, 0.5) is 4.39 Å². The predicted octanol–water partition coefficient (Wildman–Crippen LogP) is 2.59. The molecule has 0 heterocycles. The Balaban J connectivity index is 3.08. The first-order valence-electron chi connectivity index (χ1n) is 2.20. The summed E-state index contributed by atoms with van der Waals surface area (Å²) in [5.74, 6) is -0.209. The van der Waals surface area contributed by atoms with Crippen LogP contribution in [0.3, 0.4) is 0 Å². The normalized spacial score (nSPS) is 9.25. The second kappa shape index (κ2) is 2.27. The molecule has 0 N–H and O–H groups in total. The molecule has 0 fully saturated rings. The largest absolute Gasteiger partial charge is 0.207 e. The molecule has 0 unspecified atom stereocenters. The van der Waals surface area contributed by atoms with E-state index in [-0.39, 0.29) is 5.82 Å². The molecule has 42 valence electrons. The Labute approximate surface area is 55.5 Å². The molecule has 0 aliphatic rings. The maximum atomic E-state index is 12.1. The third-order valence-electron chi connectivity index (χ3n) is 0.787. The maximum absolute atomic E-state index is 12.1. The van der Waals surface area contributed by atoms with Crippen LogP contribution in [-0.4, -0.2) is 0 Å². The van der Waals surface area contributed by atoms with Gasteiger partial charge in [0.15, 0.2) is 0 Å². The van der Waals surface area contributed by atoms with Crippen molar-refractivity contribution in [3.05, 3.63) is 34.6 Å². The minimum Gasteiger partial charge on any atom is -0.207 e. The molecule has 0 aliphatic carbocycles. The summed E-state index contributed by atoms with van der Waals surface area (Å²) >= 11 is 3.12. The first kappa shape index (κ1) is 5.76. The van der Waals surface area contributed by atoms with Gasteiger partial charge < -0.3 is 0 Å². The summed E-state index contributed by atoms with van der Waals surface area (Å²) < 4.78 is 12.9. The van der Waals surface area contributed by atoms with Crippen molar-refractivity contribution in [2.75, 3.05) is 0 Å². The second-order valence-corrected chi connectivity index (χ2v) is 2.36. The highest BCUT2D eigenvalue weighted by Gasteiger charge is 1.86. The summed E-state index contributed by atoms with van der Waals surface area (Å²) in [6, 6.07) is 6.26. The van der Waals surface area contributed by atoms with Crippen molar-refractivity contribution in [1.29, 1.82) is 0 Å². The Morgan fingerprint density at radius 1 is 1.38 bits per heavy atom. The zero-order valence-corrected chi connectivity index (χ0v) is 5.65. The zero-order chi connectivity index (χ0) is 5.98. The lowest BCUT2D eigenvalue weighted by atomic mass is 11.3. The summed E-state index contributed by atoms with van der Waals surface area (Å²) in [6.07, 6.45) is 0. The zero-order valence-electron chi connectivity index (χ0n) is 4.07. The first-order chi connectivity index (χ1) is 3.79. The summed E-state index contributed by atoms with van der Waals surface area (Å²) in [7, 11) is 0. The average Bonchev–Trinajstić information content (AvgIpc) is 1.64. The Bertz CT molecular complexity index is 168. The van der Waals surface area contributed by atoms with Gasteiger partial charge in [-0.1, -0.05) is 22.0 Å². The average molecular weight is 181 g/mol. The lowest BCUT2D eigenvalue weighted by Crippen LogP contribution is -1.68. The van der Waals surface area contributed by atoms with Crippen LogP contribution in [0.1, 0.15) is 0 Å². The van der Waals surface area contributed by atoms with Crippen molar-refractivity contribution in [3.8, 4) is 0 Å². The lowest BCUT2D eigenvalue weighted by molar-refractivity contribution is 0.627. The van der Waals surface area contributed by atoms with Crippen molar-refractivity contribution in [3.63, 3.8) is 0 Å². The van der Waals surface area contributed by atoms with Gasteiger partial charge in [0, 0.05) is 4.47 Å². The SMILES string of the molecule is F[13c]1[13cH][13cH][13cH][13c](Br)[13cH]1. The summed E-state index contributed by atoms with van der Waals surface area (Å²) in [5, 5.41) is 0. The molecule has 0 nitrogen and oxygen atoms in total. The van der Waals surface area contributed by atoms with Crippen LogP contribution in [0.2, 0.25) is 0 Å². The molecule has 0 amide bonds. The monoisotopic (exact) mass is 180 g/mol. The quantitative estimate of drug-likeness (QED) is 0.576. The molecule has 8 heavy (non-hydrogen) atoms. The van der Waals surface area contributed by atoms with Gasteiger partial charge in [0.2, 0.25) is 0 Å². The van der Waals surface area contributed by atoms with Gasteiger partial charge in [-0.05, 0) is 18.2 Å². The van der Waals surface area contributed by atoms with Gasteiger partial charge in [-0.3, -0.25) is 0 Å². The van der Waals surface area contributed by atoms with Gasteiger partial charge in [0.25, 0.3) is 0 Å². The molecule has 0 saturated heterocycles. The van der Waals surface area contributed by atoms with E-state index >= 15 is 0 Å². The van der Waals surface area contributed by atoms with Gasteiger partial charge in [-0.25, -0.2) is 4.39 Å². The fourth-order valence-corrected chi connectivity index (χ4v) is 0.831. The van der Waals surface area contributed by atoms with Gasteiger partial charge in [0.1, 0.15) is 5.82 Å². The van der Waals surface area contributed by atoms with E-state index in [1.807, 2.05) is 0 Å². The van der Waals surface area contributed by atoms with E-state index in [0.717, 1.165) is 4.47 Å². The molecule has 0 aromatic heterocycles. The van der Waals surface area contributed by atoms with Crippen molar-refractivity contribution in [2.24, 2.45) is 0 Å². The van der Waals surface area contributed by atoms with E-state index in [1.165, 1.54) is 12.1 Å². The van der Waals surface area contributed by atoms with Crippen LogP contribution >= 0.6 is 15.9 Å². The molecule has 0 radical (unpaired) electrons. The smallest absolute Gasteiger partial charge is 0.124 e. The molecule has 1 rings (SSSR count).